The Bertz CT molecular complexity index is 874. The molecule has 176 valence electrons. The third-order valence-electron chi connectivity index (χ3n) is 6.09. The molecular formula is C16F16. The zero-order chi connectivity index (χ0) is 24.6. The van der Waals surface area contributed by atoms with Gasteiger partial charge in [-0.05, 0) is 0 Å². The normalized spacial score (nSPS) is 34.5. The fourth-order valence-electron chi connectivity index (χ4n) is 4.52. The number of hydrogen-bond donors (Lipinski definition) is 0. The molecule has 5 aliphatic carbocycles. The fourth-order valence-corrected chi connectivity index (χ4v) is 4.52. The van der Waals surface area contributed by atoms with Crippen LogP contribution >= 0.6 is 0 Å². The van der Waals surface area contributed by atoms with E-state index in [9.17, 15) is 70.2 Å². The van der Waals surface area contributed by atoms with Crippen molar-refractivity contribution in [3.8, 4) is 0 Å². The minimum absolute atomic E-state index is 3.01. The molecule has 0 saturated heterocycles. The predicted molar refractivity (Wildman–Crippen MR) is 67.7 cm³/mol. The van der Waals surface area contributed by atoms with Crippen molar-refractivity contribution in [3.63, 3.8) is 0 Å². The molecule has 0 fully saturated rings. The average Bonchev–Trinajstić information content (AvgIpc) is 2.59. The number of hydrogen-bond acceptors (Lipinski definition) is 0. The van der Waals surface area contributed by atoms with Gasteiger partial charge >= 0.3 is 47.4 Å². The smallest absolute Gasteiger partial charge is 0.194 e. The summed E-state index contributed by atoms with van der Waals surface area (Å²) in [7, 11) is 0. The Morgan fingerprint density at radius 3 is 0.312 bits per heavy atom. The quantitative estimate of drug-likeness (QED) is 0.345. The van der Waals surface area contributed by atoms with Crippen LogP contribution < -0.4 is 0 Å². The highest BCUT2D eigenvalue weighted by Crippen LogP contribution is 2.78. The molecule has 5 rings (SSSR count). The van der Waals surface area contributed by atoms with Gasteiger partial charge in [-0.25, -0.2) is 0 Å². The van der Waals surface area contributed by atoms with E-state index in [4.69, 9.17) is 0 Å². The molecule has 0 bridgehead atoms. The molecule has 0 saturated carbocycles. The van der Waals surface area contributed by atoms with Gasteiger partial charge in [0.25, 0.3) is 0 Å². The lowest BCUT2D eigenvalue weighted by molar-refractivity contribution is -0.239. The van der Waals surface area contributed by atoms with Crippen LogP contribution in [0.3, 0.4) is 0 Å². The summed E-state index contributed by atoms with van der Waals surface area (Å²) in [5, 5.41) is 0. The van der Waals surface area contributed by atoms with Crippen molar-refractivity contribution in [1.82, 2.24) is 0 Å². The molecule has 5 aliphatic rings. The Morgan fingerprint density at radius 1 is 0.188 bits per heavy atom. The molecule has 0 aromatic heterocycles. The molecule has 0 aliphatic heterocycles. The van der Waals surface area contributed by atoms with E-state index in [1.165, 1.54) is 0 Å². The number of alkyl halides is 16. The van der Waals surface area contributed by atoms with Crippen molar-refractivity contribution in [3.05, 3.63) is 44.6 Å². The molecule has 0 N–H and O–H groups in total. The molecule has 16 heteroatoms. The molecule has 0 aromatic carbocycles. The second-order valence-electron chi connectivity index (χ2n) is 7.60. The van der Waals surface area contributed by atoms with E-state index in [2.05, 4.69) is 0 Å². The van der Waals surface area contributed by atoms with Crippen LogP contribution in [0.25, 0.3) is 0 Å². The predicted octanol–water partition coefficient (Wildman–Crippen LogP) is 6.32. The minimum Gasteiger partial charge on any atom is -0.194 e. The van der Waals surface area contributed by atoms with Crippen LogP contribution in [0.5, 0.6) is 0 Å². The summed E-state index contributed by atoms with van der Waals surface area (Å²) in [4.78, 5) is 0. The summed E-state index contributed by atoms with van der Waals surface area (Å²) < 4.78 is 223. The van der Waals surface area contributed by atoms with Crippen molar-refractivity contribution in [2.75, 3.05) is 0 Å². The van der Waals surface area contributed by atoms with Crippen LogP contribution in [0.1, 0.15) is 0 Å². The first kappa shape index (κ1) is 21.7. The van der Waals surface area contributed by atoms with Gasteiger partial charge < -0.3 is 0 Å². The molecule has 0 radical (unpaired) electrons. The largest absolute Gasteiger partial charge is 0.340 e. The van der Waals surface area contributed by atoms with E-state index in [1.54, 1.807) is 0 Å². The van der Waals surface area contributed by atoms with Gasteiger partial charge in [0.1, 0.15) is 0 Å². The SMILES string of the molecule is FC1(F)C2=C(C3=C(C4=C(C5=C2C(F)(F)C5(F)F)C(F)(F)C4(F)F)C(F)(F)C3(F)F)C1(F)F. The average molecular weight is 496 g/mol. The number of allylic oxidation sites excluding steroid dienone is 8. The molecule has 0 nitrogen and oxygen atoms in total. The first-order valence-corrected chi connectivity index (χ1v) is 8.02. The van der Waals surface area contributed by atoms with E-state index >= 15 is 0 Å². The molecule has 0 aromatic rings. The zero-order valence-electron chi connectivity index (χ0n) is 14.0. The summed E-state index contributed by atoms with van der Waals surface area (Å²) in [6, 6.07) is 0. The summed E-state index contributed by atoms with van der Waals surface area (Å²) in [5.74, 6) is -47.8. The van der Waals surface area contributed by atoms with Crippen LogP contribution in [0, 0.1) is 0 Å². The van der Waals surface area contributed by atoms with Crippen molar-refractivity contribution in [2.24, 2.45) is 0 Å². The molecule has 0 atom stereocenters. The first-order valence-electron chi connectivity index (χ1n) is 8.02. The minimum atomic E-state index is -5.97. The van der Waals surface area contributed by atoms with E-state index in [1.807, 2.05) is 0 Å². The van der Waals surface area contributed by atoms with Crippen LogP contribution in [-0.4, -0.2) is 47.4 Å². The molecule has 0 amide bonds. The maximum absolute atomic E-state index is 13.9. The van der Waals surface area contributed by atoms with Gasteiger partial charge in [0, 0.05) is 44.6 Å². The van der Waals surface area contributed by atoms with E-state index in [0.717, 1.165) is 0 Å². The summed E-state index contributed by atoms with van der Waals surface area (Å²) >= 11 is 0. The van der Waals surface area contributed by atoms with Crippen molar-refractivity contribution in [1.29, 1.82) is 0 Å². The topological polar surface area (TPSA) is 0 Å². The molecular weight excluding hydrogens is 496 g/mol. The Balaban J connectivity index is 2.03. The number of halogens is 16. The molecule has 0 heterocycles. The monoisotopic (exact) mass is 496 g/mol. The third-order valence-corrected chi connectivity index (χ3v) is 6.09. The Labute approximate surface area is 163 Å². The van der Waals surface area contributed by atoms with Crippen molar-refractivity contribution < 1.29 is 70.2 Å². The number of rotatable bonds is 0. The summed E-state index contributed by atoms with van der Waals surface area (Å²) in [6.45, 7) is 0. The lowest BCUT2D eigenvalue weighted by Crippen LogP contribution is -2.71. The molecule has 32 heavy (non-hydrogen) atoms. The highest BCUT2D eigenvalue weighted by molar-refractivity contribution is 5.84. The zero-order valence-corrected chi connectivity index (χ0v) is 14.0. The van der Waals surface area contributed by atoms with Gasteiger partial charge in [-0.3, -0.25) is 0 Å². The second kappa shape index (κ2) is 4.58. The van der Waals surface area contributed by atoms with E-state index < -0.39 is 92.0 Å². The van der Waals surface area contributed by atoms with Gasteiger partial charge in [-0.2, -0.15) is 70.2 Å². The second-order valence-corrected chi connectivity index (χ2v) is 7.60. The van der Waals surface area contributed by atoms with Crippen LogP contribution in [0.4, 0.5) is 70.2 Å². The Morgan fingerprint density at radius 2 is 0.250 bits per heavy atom. The first-order chi connectivity index (χ1) is 14.0. The van der Waals surface area contributed by atoms with E-state index in [0.29, 0.717) is 0 Å². The van der Waals surface area contributed by atoms with Gasteiger partial charge in [0.2, 0.25) is 0 Å². The van der Waals surface area contributed by atoms with Gasteiger partial charge in [0.05, 0.1) is 0 Å². The standard InChI is InChI=1S/C16F16/c17-9(18)1-2(10(9,19)20)4-6(14(27,28)13(4,25)26)8-7(15(29,30)16(8,31)32)5-3(1)11(21,22)12(5,23)24. The fraction of sp³-hybridized carbons (Fsp3) is 0.500. The lowest BCUT2D eigenvalue weighted by atomic mass is 9.52. The lowest BCUT2D eigenvalue weighted by Gasteiger charge is -2.58. The van der Waals surface area contributed by atoms with E-state index in [-0.39, 0.29) is 0 Å². The Kier molecular flexibility index (Phi) is 3.10. The van der Waals surface area contributed by atoms with Gasteiger partial charge in [-0.1, -0.05) is 0 Å². The van der Waals surface area contributed by atoms with Crippen LogP contribution in [0.15, 0.2) is 44.6 Å². The highest BCUT2D eigenvalue weighted by atomic mass is 19.3. The van der Waals surface area contributed by atoms with Crippen molar-refractivity contribution >= 4 is 0 Å². The Hall–Kier alpha value is -2.16. The number of fused-ring (bicyclic) bond motifs is 4. The summed E-state index contributed by atoms with van der Waals surface area (Å²) in [6.07, 6.45) is 0. The molecule has 0 spiro atoms. The molecule has 0 unspecified atom stereocenters. The van der Waals surface area contributed by atoms with Gasteiger partial charge in [-0.15, -0.1) is 0 Å². The van der Waals surface area contributed by atoms with Crippen LogP contribution in [-0.2, 0) is 0 Å². The third kappa shape index (κ3) is 1.55. The van der Waals surface area contributed by atoms with Crippen molar-refractivity contribution in [2.45, 2.75) is 47.4 Å². The van der Waals surface area contributed by atoms with Crippen LogP contribution in [0.2, 0.25) is 0 Å². The maximum Gasteiger partial charge on any atom is 0.340 e. The maximum atomic E-state index is 13.9. The summed E-state index contributed by atoms with van der Waals surface area (Å²) in [5.41, 5.74) is -24.0. The van der Waals surface area contributed by atoms with Gasteiger partial charge in [0.15, 0.2) is 0 Å². The highest BCUT2D eigenvalue weighted by Gasteiger charge is 2.90.